The van der Waals surface area contributed by atoms with E-state index in [4.69, 9.17) is 10.5 Å². The third kappa shape index (κ3) is 3.26. The monoisotopic (exact) mass is 264 g/mol. The van der Waals surface area contributed by atoms with Crippen LogP contribution in [0.5, 0.6) is 5.75 Å². The Bertz CT molecular complexity index is 555. The largest absolute Gasteiger partial charge is 0.495 e. The molecule has 1 aromatic heterocycles. The molecule has 2 N–H and O–H groups in total. The maximum absolute atomic E-state index is 13.1. The summed E-state index contributed by atoms with van der Waals surface area (Å²) in [7, 11) is 1.52. The molecule has 1 aromatic carbocycles. The average Bonchev–Trinajstić information content (AvgIpc) is 2.37. The van der Waals surface area contributed by atoms with Crippen molar-refractivity contribution in [1.29, 1.82) is 0 Å². The summed E-state index contributed by atoms with van der Waals surface area (Å²) in [5, 5.41) is 0. The Labute approximate surface area is 110 Å². The van der Waals surface area contributed by atoms with E-state index >= 15 is 0 Å². The van der Waals surface area contributed by atoms with Gasteiger partial charge in [-0.2, -0.15) is 0 Å². The highest BCUT2D eigenvalue weighted by atomic mass is 19.1. The van der Waals surface area contributed by atoms with Crippen molar-refractivity contribution in [1.82, 2.24) is 4.98 Å². The second-order valence-corrected chi connectivity index (χ2v) is 4.21. The SMILES string of the molecule is COc1cnccc1C(N)Cc1cc(F)cc(F)c1. The molecule has 0 bridgehead atoms. The molecular formula is C14H14F2N2O. The van der Waals surface area contributed by atoms with Crippen LogP contribution >= 0.6 is 0 Å². The highest BCUT2D eigenvalue weighted by molar-refractivity contribution is 5.34. The molecule has 19 heavy (non-hydrogen) atoms. The van der Waals surface area contributed by atoms with Crippen LogP contribution < -0.4 is 10.5 Å². The lowest BCUT2D eigenvalue weighted by molar-refractivity contribution is 0.403. The van der Waals surface area contributed by atoms with Gasteiger partial charge in [0.1, 0.15) is 17.4 Å². The maximum Gasteiger partial charge on any atom is 0.141 e. The van der Waals surface area contributed by atoms with Crippen molar-refractivity contribution < 1.29 is 13.5 Å². The molecule has 0 aliphatic heterocycles. The van der Waals surface area contributed by atoms with Crippen molar-refractivity contribution in [3.05, 3.63) is 59.4 Å². The Morgan fingerprint density at radius 2 is 1.95 bits per heavy atom. The minimum Gasteiger partial charge on any atom is -0.495 e. The number of benzene rings is 1. The Balaban J connectivity index is 2.22. The molecule has 0 aliphatic rings. The quantitative estimate of drug-likeness (QED) is 0.923. The van der Waals surface area contributed by atoms with Gasteiger partial charge in [-0.3, -0.25) is 4.98 Å². The predicted molar refractivity (Wildman–Crippen MR) is 67.8 cm³/mol. The van der Waals surface area contributed by atoms with Crippen LogP contribution in [0.2, 0.25) is 0 Å². The number of rotatable bonds is 4. The van der Waals surface area contributed by atoms with Gasteiger partial charge in [0.15, 0.2) is 0 Å². The molecule has 0 saturated carbocycles. The molecule has 100 valence electrons. The molecule has 2 aromatic rings. The van der Waals surface area contributed by atoms with E-state index in [2.05, 4.69) is 4.98 Å². The van der Waals surface area contributed by atoms with E-state index in [1.165, 1.54) is 19.2 Å². The van der Waals surface area contributed by atoms with Crippen molar-refractivity contribution in [3.63, 3.8) is 0 Å². The smallest absolute Gasteiger partial charge is 0.141 e. The van der Waals surface area contributed by atoms with Gasteiger partial charge in [0.25, 0.3) is 0 Å². The van der Waals surface area contributed by atoms with Crippen LogP contribution in [-0.2, 0) is 6.42 Å². The normalized spacial score (nSPS) is 12.2. The minimum absolute atomic E-state index is 0.315. The zero-order chi connectivity index (χ0) is 13.8. The fraction of sp³-hybridized carbons (Fsp3) is 0.214. The van der Waals surface area contributed by atoms with Gasteiger partial charge in [-0.25, -0.2) is 8.78 Å². The molecule has 1 atom stereocenters. The summed E-state index contributed by atoms with van der Waals surface area (Å²) in [6.07, 6.45) is 3.47. The molecule has 0 amide bonds. The Morgan fingerprint density at radius 1 is 1.26 bits per heavy atom. The summed E-state index contributed by atoms with van der Waals surface area (Å²) >= 11 is 0. The number of hydrogen-bond acceptors (Lipinski definition) is 3. The number of nitrogens with two attached hydrogens (primary N) is 1. The van der Waals surface area contributed by atoms with Crippen molar-refractivity contribution in [3.8, 4) is 5.75 Å². The summed E-state index contributed by atoms with van der Waals surface area (Å²) in [5.41, 5.74) is 7.31. The zero-order valence-electron chi connectivity index (χ0n) is 10.4. The van der Waals surface area contributed by atoms with Gasteiger partial charge in [-0.1, -0.05) is 0 Å². The lowest BCUT2D eigenvalue weighted by Crippen LogP contribution is -2.15. The maximum atomic E-state index is 13.1. The molecule has 1 unspecified atom stereocenters. The van der Waals surface area contributed by atoms with E-state index in [1.807, 2.05) is 0 Å². The van der Waals surface area contributed by atoms with Crippen molar-refractivity contribution in [2.24, 2.45) is 5.73 Å². The van der Waals surface area contributed by atoms with Crippen LogP contribution in [0.15, 0.2) is 36.7 Å². The molecule has 2 rings (SSSR count). The summed E-state index contributed by atoms with van der Waals surface area (Å²) in [6.45, 7) is 0. The van der Waals surface area contributed by atoms with Crippen molar-refractivity contribution in [2.75, 3.05) is 7.11 Å². The lowest BCUT2D eigenvalue weighted by Gasteiger charge is -2.15. The summed E-state index contributed by atoms with van der Waals surface area (Å²) in [6, 6.07) is 4.70. The number of ether oxygens (including phenoxy) is 1. The first-order valence-corrected chi connectivity index (χ1v) is 5.78. The van der Waals surface area contributed by atoms with Gasteiger partial charge < -0.3 is 10.5 Å². The Morgan fingerprint density at radius 3 is 2.58 bits per heavy atom. The first kappa shape index (κ1) is 13.4. The third-order valence-electron chi connectivity index (χ3n) is 2.81. The zero-order valence-corrected chi connectivity index (χ0v) is 10.4. The van der Waals surface area contributed by atoms with E-state index in [0.29, 0.717) is 17.7 Å². The molecule has 5 heteroatoms. The number of nitrogens with zero attached hydrogens (tertiary/aromatic N) is 1. The second kappa shape index (κ2) is 5.75. The number of pyridine rings is 1. The number of hydrogen-bond donors (Lipinski definition) is 1. The summed E-state index contributed by atoms with van der Waals surface area (Å²) in [5.74, 6) is -0.653. The van der Waals surface area contributed by atoms with Crippen molar-refractivity contribution in [2.45, 2.75) is 12.5 Å². The van der Waals surface area contributed by atoms with Gasteiger partial charge >= 0.3 is 0 Å². The van der Waals surface area contributed by atoms with E-state index in [-0.39, 0.29) is 0 Å². The van der Waals surface area contributed by atoms with Crippen LogP contribution in [0.25, 0.3) is 0 Å². The summed E-state index contributed by atoms with van der Waals surface area (Å²) < 4.78 is 31.4. The van der Waals surface area contributed by atoms with Gasteiger partial charge in [-0.05, 0) is 30.2 Å². The molecular weight excluding hydrogens is 250 g/mol. The van der Waals surface area contributed by atoms with Crippen molar-refractivity contribution >= 4 is 0 Å². The van der Waals surface area contributed by atoms with Gasteiger partial charge in [0.05, 0.1) is 13.3 Å². The topological polar surface area (TPSA) is 48.1 Å². The van der Waals surface area contributed by atoms with E-state index < -0.39 is 17.7 Å². The van der Waals surface area contributed by atoms with Crippen LogP contribution in [0.3, 0.4) is 0 Å². The van der Waals surface area contributed by atoms with E-state index in [9.17, 15) is 8.78 Å². The molecule has 1 heterocycles. The fourth-order valence-electron chi connectivity index (χ4n) is 1.96. The van der Waals surface area contributed by atoms with Gasteiger partial charge in [0, 0.05) is 23.9 Å². The highest BCUT2D eigenvalue weighted by Gasteiger charge is 2.13. The van der Waals surface area contributed by atoms with Gasteiger partial charge in [0.2, 0.25) is 0 Å². The third-order valence-corrected chi connectivity index (χ3v) is 2.81. The molecule has 0 fully saturated rings. The first-order valence-electron chi connectivity index (χ1n) is 5.78. The predicted octanol–water partition coefficient (Wildman–Crippen LogP) is 2.61. The van der Waals surface area contributed by atoms with E-state index in [0.717, 1.165) is 11.6 Å². The Hall–Kier alpha value is -2.01. The Kier molecular flexibility index (Phi) is 4.06. The van der Waals surface area contributed by atoms with Crippen LogP contribution in [0, 0.1) is 11.6 Å². The number of halogens is 2. The number of aromatic nitrogens is 1. The number of methoxy groups -OCH3 is 1. The average molecular weight is 264 g/mol. The lowest BCUT2D eigenvalue weighted by atomic mass is 10.00. The highest BCUT2D eigenvalue weighted by Crippen LogP contribution is 2.25. The standard InChI is InChI=1S/C14H14F2N2O/c1-19-14-8-18-3-2-12(14)13(17)6-9-4-10(15)7-11(16)5-9/h2-5,7-8,13H,6,17H2,1H3. The molecule has 0 saturated heterocycles. The molecule has 0 radical (unpaired) electrons. The molecule has 0 aliphatic carbocycles. The second-order valence-electron chi connectivity index (χ2n) is 4.21. The first-order chi connectivity index (χ1) is 9.10. The minimum atomic E-state index is -0.608. The summed E-state index contributed by atoms with van der Waals surface area (Å²) in [4.78, 5) is 3.93. The van der Waals surface area contributed by atoms with E-state index in [1.54, 1.807) is 18.5 Å². The molecule has 3 nitrogen and oxygen atoms in total. The fourth-order valence-corrected chi connectivity index (χ4v) is 1.96. The van der Waals surface area contributed by atoms with Crippen LogP contribution in [0.4, 0.5) is 8.78 Å². The van der Waals surface area contributed by atoms with Crippen LogP contribution in [0.1, 0.15) is 17.2 Å². The molecule has 0 spiro atoms. The van der Waals surface area contributed by atoms with Gasteiger partial charge in [-0.15, -0.1) is 0 Å². The van der Waals surface area contributed by atoms with Crippen LogP contribution in [-0.4, -0.2) is 12.1 Å².